The molecule has 3 amide bonds. The SMILES string of the molecule is Cc1cccc(N2CCN(C(=O)C[C@@H](NC(N)=O)c3cccc(Br)c3)CC2)c1C. The normalized spacial score (nSPS) is 15.1. The van der Waals surface area contributed by atoms with E-state index in [1.165, 1.54) is 16.8 Å². The van der Waals surface area contributed by atoms with Gasteiger partial charge < -0.3 is 20.9 Å². The van der Waals surface area contributed by atoms with Crippen LogP contribution in [0.15, 0.2) is 46.9 Å². The minimum atomic E-state index is -0.637. The van der Waals surface area contributed by atoms with E-state index in [2.05, 4.69) is 58.2 Å². The second-order valence-corrected chi connectivity index (χ2v) is 8.32. The van der Waals surface area contributed by atoms with Gasteiger partial charge in [0.15, 0.2) is 0 Å². The molecule has 6 nitrogen and oxygen atoms in total. The molecule has 0 unspecified atom stereocenters. The smallest absolute Gasteiger partial charge is 0.312 e. The molecule has 1 aliphatic heterocycles. The predicted molar refractivity (Wildman–Crippen MR) is 119 cm³/mol. The Morgan fingerprint density at radius 2 is 1.79 bits per heavy atom. The van der Waals surface area contributed by atoms with Gasteiger partial charge in [0, 0.05) is 36.3 Å². The van der Waals surface area contributed by atoms with Crippen molar-refractivity contribution in [1.29, 1.82) is 0 Å². The first-order chi connectivity index (χ1) is 13.8. The minimum absolute atomic E-state index is 0.0179. The number of nitrogens with one attached hydrogen (secondary N) is 1. The van der Waals surface area contributed by atoms with Crippen LogP contribution in [-0.2, 0) is 4.79 Å². The molecule has 0 radical (unpaired) electrons. The summed E-state index contributed by atoms with van der Waals surface area (Å²) < 4.78 is 0.890. The van der Waals surface area contributed by atoms with E-state index in [1.54, 1.807) is 0 Å². The first kappa shape index (κ1) is 21.2. The Morgan fingerprint density at radius 1 is 1.10 bits per heavy atom. The van der Waals surface area contributed by atoms with Gasteiger partial charge in [-0.05, 0) is 48.7 Å². The summed E-state index contributed by atoms with van der Waals surface area (Å²) in [7, 11) is 0. The van der Waals surface area contributed by atoms with Crippen molar-refractivity contribution in [2.45, 2.75) is 26.3 Å². The molecule has 2 aromatic carbocycles. The van der Waals surface area contributed by atoms with E-state index in [9.17, 15) is 9.59 Å². The lowest BCUT2D eigenvalue weighted by Gasteiger charge is -2.37. The summed E-state index contributed by atoms with van der Waals surface area (Å²) in [6.45, 7) is 7.16. The number of piperazine rings is 1. The van der Waals surface area contributed by atoms with E-state index in [1.807, 2.05) is 29.2 Å². The van der Waals surface area contributed by atoms with Crippen molar-refractivity contribution in [3.05, 3.63) is 63.6 Å². The van der Waals surface area contributed by atoms with Gasteiger partial charge >= 0.3 is 6.03 Å². The summed E-state index contributed by atoms with van der Waals surface area (Å²) in [4.78, 5) is 28.6. The largest absolute Gasteiger partial charge is 0.368 e. The number of carbonyl (C=O) groups excluding carboxylic acids is 2. The lowest BCUT2D eigenvalue weighted by molar-refractivity contribution is -0.132. The Labute approximate surface area is 180 Å². The fourth-order valence-electron chi connectivity index (χ4n) is 3.73. The molecule has 0 aromatic heterocycles. The Hall–Kier alpha value is -2.54. The van der Waals surface area contributed by atoms with Crippen molar-refractivity contribution < 1.29 is 9.59 Å². The first-order valence-electron chi connectivity index (χ1n) is 9.75. The number of carbonyl (C=O) groups is 2. The quantitative estimate of drug-likeness (QED) is 0.719. The van der Waals surface area contributed by atoms with Crippen molar-refractivity contribution in [3.63, 3.8) is 0 Å². The molecule has 2 aromatic rings. The van der Waals surface area contributed by atoms with Crippen molar-refractivity contribution in [1.82, 2.24) is 10.2 Å². The van der Waals surface area contributed by atoms with Gasteiger partial charge in [-0.25, -0.2) is 4.79 Å². The highest BCUT2D eigenvalue weighted by atomic mass is 79.9. The summed E-state index contributed by atoms with van der Waals surface area (Å²) in [6.07, 6.45) is 0.183. The van der Waals surface area contributed by atoms with Gasteiger partial charge in [-0.3, -0.25) is 4.79 Å². The number of nitrogens with two attached hydrogens (primary N) is 1. The van der Waals surface area contributed by atoms with Crippen LogP contribution in [-0.4, -0.2) is 43.0 Å². The Morgan fingerprint density at radius 3 is 2.45 bits per heavy atom. The van der Waals surface area contributed by atoms with E-state index < -0.39 is 12.1 Å². The highest BCUT2D eigenvalue weighted by Gasteiger charge is 2.25. The average Bonchev–Trinajstić information content (AvgIpc) is 2.69. The number of halogens is 1. The van der Waals surface area contributed by atoms with Crippen LogP contribution in [0.4, 0.5) is 10.5 Å². The number of hydrogen-bond donors (Lipinski definition) is 2. The summed E-state index contributed by atoms with van der Waals surface area (Å²) in [5, 5.41) is 2.70. The fourth-order valence-corrected chi connectivity index (χ4v) is 4.14. The molecule has 1 fully saturated rings. The number of hydrogen-bond acceptors (Lipinski definition) is 3. The zero-order chi connectivity index (χ0) is 21.0. The lowest BCUT2D eigenvalue weighted by Crippen LogP contribution is -2.49. The number of rotatable bonds is 5. The standard InChI is InChI=1S/C22H27BrN4O2/c1-15-5-3-8-20(16(15)2)26-9-11-27(12-10-26)21(28)14-19(25-22(24)29)17-6-4-7-18(23)13-17/h3-8,13,19H,9-12,14H2,1-2H3,(H3,24,25,29)/t19-/m1/s1. The summed E-state index contributed by atoms with van der Waals surface area (Å²) in [5.41, 5.74) is 9.98. The summed E-state index contributed by atoms with van der Waals surface area (Å²) >= 11 is 3.43. The third-order valence-electron chi connectivity index (χ3n) is 5.50. The molecule has 3 N–H and O–H groups in total. The molecule has 29 heavy (non-hydrogen) atoms. The van der Waals surface area contributed by atoms with Crippen LogP contribution in [0.1, 0.15) is 29.2 Å². The van der Waals surface area contributed by atoms with Crippen LogP contribution < -0.4 is 16.0 Å². The maximum atomic E-state index is 12.9. The lowest BCUT2D eigenvalue weighted by atomic mass is 10.0. The molecular weight excluding hydrogens is 432 g/mol. The van der Waals surface area contributed by atoms with E-state index in [-0.39, 0.29) is 12.3 Å². The van der Waals surface area contributed by atoms with Gasteiger partial charge in [0.25, 0.3) is 0 Å². The fraction of sp³-hybridized carbons (Fsp3) is 0.364. The Bertz CT molecular complexity index is 894. The predicted octanol–water partition coefficient (Wildman–Crippen LogP) is 3.51. The van der Waals surface area contributed by atoms with Crippen molar-refractivity contribution in [2.24, 2.45) is 5.73 Å². The molecule has 1 saturated heterocycles. The molecule has 0 saturated carbocycles. The number of primary amides is 1. The third-order valence-corrected chi connectivity index (χ3v) is 5.99. The first-order valence-corrected chi connectivity index (χ1v) is 10.5. The Balaban J connectivity index is 1.64. The second-order valence-electron chi connectivity index (χ2n) is 7.41. The Kier molecular flexibility index (Phi) is 6.79. The van der Waals surface area contributed by atoms with E-state index >= 15 is 0 Å². The number of benzene rings is 2. The highest BCUT2D eigenvalue weighted by molar-refractivity contribution is 9.10. The molecule has 1 atom stereocenters. The zero-order valence-corrected chi connectivity index (χ0v) is 18.4. The molecule has 0 spiro atoms. The monoisotopic (exact) mass is 458 g/mol. The molecule has 1 heterocycles. The topological polar surface area (TPSA) is 78.7 Å². The van der Waals surface area contributed by atoms with Gasteiger partial charge in [0.1, 0.15) is 0 Å². The zero-order valence-electron chi connectivity index (χ0n) is 16.8. The second kappa shape index (κ2) is 9.31. The summed E-state index contributed by atoms with van der Waals surface area (Å²) in [6, 6.07) is 12.8. The molecule has 3 rings (SSSR count). The van der Waals surface area contributed by atoms with E-state index in [0.717, 1.165) is 23.1 Å². The maximum absolute atomic E-state index is 12.9. The van der Waals surface area contributed by atoms with Gasteiger partial charge in [-0.2, -0.15) is 0 Å². The van der Waals surface area contributed by atoms with E-state index in [0.29, 0.717) is 13.1 Å². The van der Waals surface area contributed by atoms with Crippen LogP contribution in [0.2, 0.25) is 0 Å². The average molecular weight is 459 g/mol. The molecule has 0 bridgehead atoms. The molecular formula is C22H27BrN4O2. The van der Waals surface area contributed by atoms with Gasteiger partial charge in [0.2, 0.25) is 5.91 Å². The van der Waals surface area contributed by atoms with Crippen molar-refractivity contribution in [2.75, 3.05) is 31.1 Å². The summed E-state index contributed by atoms with van der Waals surface area (Å²) in [5.74, 6) is 0.0179. The maximum Gasteiger partial charge on any atom is 0.312 e. The van der Waals surface area contributed by atoms with Gasteiger partial charge in [-0.15, -0.1) is 0 Å². The number of nitrogens with zero attached hydrogens (tertiary/aromatic N) is 2. The molecule has 1 aliphatic rings. The van der Waals surface area contributed by atoms with Crippen LogP contribution in [0.5, 0.6) is 0 Å². The number of anilines is 1. The highest BCUT2D eigenvalue weighted by Crippen LogP contribution is 2.25. The van der Waals surface area contributed by atoms with Crippen LogP contribution in [0, 0.1) is 13.8 Å². The van der Waals surface area contributed by atoms with Crippen LogP contribution in [0.3, 0.4) is 0 Å². The number of urea groups is 1. The molecule has 0 aliphatic carbocycles. The van der Waals surface area contributed by atoms with Crippen molar-refractivity contribution >= 4 is 33.6 Å². The van der Waals surface area contributed by atoms with Crippen LogP contribution >= 0.6 is 15.9 Å². The van der Waals surface area contributed by atoms with Gasteiger partial charge in [-0.1, -0.05) is 40.2 Å². The number of amides is 3. The van der Waals surface area contributed by atoms with E-state index in [4.69, 9.17) is 5.73 Å². The molecule has 154 valence electrons. The van der Waals surface area contributed by atoms with Gasteiger partial charge in [0.05, 0.1) is 12.5 Å². The third kappa shape index (κ3) is 5.29. The molecule has 7 heteroatoms. The van der Waals surface area contributed by atoms with Crippen LogP contribution in [0.25, 0.3) is 0 Å². The number of aryl methyl sites for hydroxylation is 1. The minimum Gasteiger partial charge on any atom is -0.368 e. The van der Waals surface area contributed by atoms with Crippen molar-refractivity contribution in [3.8, 4) is 0 Å².